The van der Waals surface area contributed by atoms with Crippen molar-refractivity contribution in [3.05, 3.63) is 64.3 Å². The van der Waals surface area contributed by atoms with E-state index in [0.29, 0.717) is 32.0 Å². The van der Waals surface area contributed by atoms with Crippen molar-refractivity contribution in [3.63, 3.8) is 0 Å². The van der Waals surface area contributed by atoms with Gasteiger partial charge in [0, 0.05) is 13.2 Å². The van der Waals surface area contributed by atoms with Crippen LogP contribution in [0, 0.1) is 6.92 Å². The van der Waals surface area contributed by atoms with E-state index < -0.39 is 24.4 Å². The lowest BCUT2D eigenvalue weighted by atomic mass is 10.3. The number of aromatic nitrogens is 2. The van der Waals surface area contributed by atoms with Crippen molar-refractivity contribution in [2.75, 3.05) is 25.5 Å². The van der Waals surface area contributed by atoms with Crippen molar-refractivity contribution in [1.82, 2.24) is 14.9 Å². The first-order valence-corrected chi connectivity index (χ1v) is 10.4. The third kappa shape index (κ3) is 5.87. The number of nitrogens with zero attached hydrogens (tertiary/aromatic N) is 3. The summed E-state index contributed by atoms with van der Waals surface area (Å²) in [5, 5.41) is 3.61. The number of rotatable bonds is 7. The zero-order chi connectivity index (χ0) is 22.4. The summed E-state index contributed by atoms with van der Waals surface area (Å²) in [5.41, 5.74) is 1.59. The molecule has 160 valence electrons. The molecule has 0 unspecified atom stereocenters. The number of likely N-dealkylation sites (N-methyl/N-ethyl adjacent to an activating group) is 1. The summed E-state index contributed by atoms with van der Waals surface area (Å²) >= 11 is 7.15. The van der Waals surface area contributed by atoms with Crippen LogP contribution in [0.25, 0.3) is 10.7 Å². The highest BCUT2D eigenvalue weighted by Gasteiger charge is 2.21. The normalized spacial score (nSPS) is 10.4. The Morgan fingerprint density at radius 1 is 1.16 bits per heavy atom. The summed E-state index contributed by atoms with van der Waals surface area (Å²) in [6.45, 7) is 0.975. The smallest absolute Gasteiger partial charge is 0.350 e. The van der Waals surface area contributed by atoms with Gasteiger partial charge >= 0.3 is 5.97 Å². The van der Waals surface area contributed by atoms with Gasteiger partial charge in [-0.3, -0.25) is 14.6 Å². The zero-order valence-corrected chi connectivity index (χ0v) is 18.4. The molecule has 1 aromatic carbocycles. The van der Waals surface area contributed by atoms with Crippen LogP contribution in [0.1, 0.15) is 15.4 Å². The van der Waals surface area contributed by atoms with Gasteiger partial charge in [-0.1, -0.05) is 29.8 Å². The molecule has 8 nitrogen and oxygen atoms in total. The van der Waals surface area contributed by atoms with Crippen LogP contribution in [-0.4, -0.2) is 52.9 Å². The highest BCUT2D eigenvalue weighted by Crippen LogP contribution is 2.27. The maximum Gasteiger partial charge on any atom is 0.350 e. The monoisotopic (exact) mass is 458 g/mol. The first kappa shape index (κ1) is 22.4. The second-order valence-corrected chi connectivity index (χ2v) is 7.91. The molecule has 0 saturated carbocycles. The molecule has 1 N–H and O–H groups in total. The molecule has 31 heavy (non-hydrogen) atoms. The first-order valence-electron chi connectivity index (χ1n) is 9.19. The molecular formula is C21H19ClN4O4S. The summed E-state index contributed by atoms with van der Waals surface area (Å²) < 4.78 is 5.13. The van der Waals surface area contributed by atoms with E-state index in [1.54, 1.807) is 49.5 Å². The van der Waals surface area contributed by atoms with Crippen LogP contribution in [-0.2, 0) is 14.3 Å². The molecule has 0 bridgehead atoms. The largest absolute Gasteiger partial charge is 0.451 e. The van der Waals surface area contributed by atoms with E-state index in [1.807, 2.05) is 6.07 Å². The number of carbonyl (C=O) groups excluding carboxylic acids is 3. The van der Waals surface area contributed by atoms with Gasteiger partial charge in [0.1, 0.15) is 9.88 Å². The van der Waals surface area contributed by atoms with Crippen molar-refractivity contribution in [2.24, 2.45) is 0 Å². The summed E-state index contributed by atoms with van der Waals surface area (Å²) in [6, 6.07) is 12.2. The minimum Gasteiger partial charge on any atom is -0.451 e. The first-order chi connectivity index (χ1) is 14.8. The van der Waals surface area contributed by atoms with Crippen LogP contribution in [0.4, 0.5) is 5.69 Å². The van der Waals surface area contributed by atoms with Crippen LogP contribution >= 0.6 is 22.9 Å². The number of thiazole rings is 1. The Kier molecular flexibility index (Phi) is 7.32. The molecule has 0 aliphatic rings. The Hall–Kier alpha value is -3.30. The van der Waals surface area contributed by atoms with Crippen LogP contribution < -0.4 is 5.32 Å². The van der Waals surface area contributed by atoms with E-state index >= 15 is 0 Å². The number of pyridine rings is 1. The molecule has 2 aromatic heterocycles. The van der Waals surface area contributed by atoms with Gasteiger partial charge in [-0.15, -0.1) is 11.3 Å². The summed E-state index contributed by atoms with van der Waals surface area (Å²) in [6.07, 6.45) is 1.64. The molecule has 0 aliphatic carbocycles. The number of nitrogens with one attached hydrogen (secondary N) is 1. The molecule has 0 aliphatic heterocycles. The average Bonchev–Trinajstić information content (AvgIpc) is 3.15. The topological polar surface area (TPSA) is 101 Å². The lowest BCUT2D eigenvalue weighted by Crippen LogP contribution is -2.37. The third-order valence-electron chi connectivity index (χ3n) is 4.15. The van der Waals surface area contributed by atoms with Crippen LogP contribution in [0.3, 0.4) is 0 Å². The van der Waals surface area contributed by atoms with Crippen molar-refractivity contribution in [2.45, 2.75) is 6.92 Å². The van der Waals surface area contributed by atoms with Gasteiger partial charge in [0.15, 0.2) is 6.61 Å². The van der Waals surface area contributed by atoms with Gasteiger partial charge < -0.3 is 15.0 Å². The minimum atomic E-state index is -0.653. The molecule has 0 fully saturated rings. The Morgan fingerprint density at radius 3 is 2.61 bits per heavy atom. The Morgan fingerprint density at radius 2 is 1.90 bits per heavy atom. The third-order valence-corrected chi connectivity index (χ3v) is 5.64. The number of hydrogen-bond acceptors (Lipinski definition) is 7. The molecule has 0 spiro atoms. The van der Waals surface area contributed by atoms with Crippen molar-refractivity contribution in [1.29, 1.82) is 0 Å². The summed E-state index contributed by atoms with van der Waals surface area (Å²) in [4.78, 5) is 46.8. The molecule has 2 heterocycles. The standard InChI is InChI=1S/C21H19ClN4O4S/c1-13-19(31-20(24-13)16-9-5-6-10-23-16)21(29)30-12-18(28)26(2)11-17(27)25-15-8-4-3-7-14(15)22/h3-10H,11-12H2,1-2H3,(H,25,27). The number of anilines is 1. The molecular weight excluding hydrogens is 440 g/mol. The SMILES string of the molecule is Cc1nc(-c2ccccn2)sc1C(=O)OCC(=O)N(C)CC(=O)Nc1ccccc1Cl. The van der Waals surface area contributed by atoms with E-state index in [9.17, 15) is 14.4 Å². The fourth-order valence-electron chi connectivity index (χ4n) is 2.54. The van der Waals surface area contributed by atoms with Crippen molar-refractivity contribution in [3.8, 4) is 10.7 Å². The second kappa shape index (κ2) is 10.1. The van der Waals surface area contributed by atoms with Gasteiger partial charge in [0.25, 0.3) is 5.91 Å². The van der Waals surface area contributed by atoms with E-state index in [-0.39, 0.29) is 6.54 Å². The predicted octanol–water partition coefficient (Wildman–Crippen LogP) is 3.42. The van der Waals surface area contributed by atoms with Crippen LogP contribution in [0.15, 0.2) is 48.7 Å². The van der Waals surface area contributed by atoms with Crippen LogP contribution in [0.5, 0.6) is 0 Å². The van der Waals surface area contributed by atoms with E-state index in [4.69, 9.17) is 16.3 Å². The lowest BCUT2D eigenvalue weighted by Gasteiger charge is -2.17. The van der Waals surface area contributed by atoms with Gasteiger partial charge in [-0.05, 0) is 31.2 Å². The Bertz CT molecular complexity index is 1100. The van der Waals surface area contributed by atoms with Gasteiger partial charge in [0.2, 0.25) is 5.91 Å². The summed E-state index contributed by atoms with van der Waals surface area (Å²) in [7, 11) is 1.44. The van der Waals surface area contributed by atoms with Crippen LogP contribution in [0.2, 0.25) is 5.02 Å². The van der Waals surface area contributed by atoms with E-state index in [1.165, 1.54) is 7.05 Å². The summed E-state index contributed by atoms with van der Waals surface area (Å²) in [5.74, 6) is -1.59. The number of benzene rings is 1. The Balaban J connectivity index is 1.53. The maximum absolute atomic E-state index is 12.4. The highest BCUT2D eigenvalue weighted by atomic mass is 35.5. The number of carbonyl (C=O) groups is 3. The number of para-hydroxylation sites is 1. The molecule has 2 amide bonds. The fourth-order valence-corrected chi connectivity index (χ4v) is 3.66. The minimum absolute atomic E-state index is 0.217. The van der Waals surface area contributed by atoms with Crippen molar-refractivity contribution >= 4 is 46.4 Å². The highest BCUT2D eigenvalue weighted by molar-refractivity contribution is 7.17. The molecule has 0 saturated heterocycles. The fraction of sp³-hybridized carbons (Fsp3) is 0.190. The number of halogens is 1. The quantitative estimate of drug-likeness (QED) is 0.544. The van der Waals surface area contributed by atoms with Gasteiger partial charge in [-0.2, -0.15) is 0 Å². The molecule has 3 rings (SSSR count). The van der Waals surface area contributed by atoms with Crippen molar-refractivity contribution < 1.29 is 19.1 Å². The molecule has 0 atom stereocenters. The van der Waals surface area contributed by atoms with E-state index in [0.717, 1.165) is 16.2 Å². The van der Waals surface area contributed by atoms with E-state index in [2.05, 4.69) is 15.3 Å². The number of aryl methyl sites for hydroxylation is 1. The molecule has 10 heteroatoms. The number of amides is 2. The number of esters is 1. The van der Waals surface area contributed by atoms with Gasteiger partial charge in [0.05, 0.1) is 28.6 Å². The predicted molar refractivity (Wildman–Crippen MR) is 118 cm³/mol. The zero-order valence-electron chi connectivity index (χ0n) is 16.8. The molecule has 0 radical (unpaired) electrons. The average molecular weight is 459 g/mol. The second-order valence-electron chi connectivity index (χ2n) is 6.50. The maximum atomic E-state index is 12.4. The number of hydrogen-bond donors (Lipinski definition) is 1. The Labute approximate surface area is 187 Å². The number of ether oxygens (including phenoxy) is 1. The lowest BCUT2D eigenvalue weighted by molar-refractivity contribution is -0.136. The van der Waals surface area contributed by atoms with Gasteiger partial charge in [-0.25, -0.2) is 9.78 Å². The molecule has 3 aromatic rings.